The number of piperazine rings is 1. The molecule has 6 heteroatoms. The maximum absolute atomic E-state index is 12.3. The van der Waals surface area contributed by atoms with E-state index in [1.54, 1.807) is 17.8 Å². The van der Waals surface area contributed by atoms with Crippen molar-refractivity contribution in [1.82, 2.24) is 20.0 Å². The molecule has 1 aliphatic heterocycles. The van der Waals surface area contributed by atoms with Gasteiger partial charge in [0, 0.05) is 38.6 Å². The molecule has 0 radical (unpaired) electrons. The van der Waals surface area contributed by atoms with Crippen molar-refractivity contribution in [3.8, 4) is 0 Å². The van der Waals surface area contributed by atoms with Crippen molar-refractivity contribution in [2.45, 2.75) is 19.0 Å². The van der Waals surface area contributed by atoms with Crippen LogP contribution in [-0.2, 0) is 11.3 Å². The Morgan fingerprint density at radius 1 is 1.53 bits per heavy atom. The van der Waals surface area contributed by atoms with E-state index in [0.717, 1.165) is 26.2 Å². The van der Waals surface area contributed by atoms with Gasteiger partial charge in [-0.05, 0) is 13.0 Å². The van der Waals surface area contributed by atoms with Crippen LogP contribution in [0.25, 0.3) is 0 Å². The van der Waals surface area contributed by atoms with Crippen LogP contribution in [0.15, 0.2) is 18.5 Å². The third-order valence-electron chi connectivity index (χ3n) is 2.94. The van der Waals surface area contributed by atoms with Crippen LogP contribution in [0.1, 0.15) is 6.92 Å². The first kappa shape index (κ1) is 12.1. The first-order valence-corrected chi connectivity index (χ1v) is 5.86. The standard InChI is InChI=1S/C11H19N5O/c1-11(12,9-16-6-2-3-14-16)10(17)15-7-4-13-5-8-15/h2-3,6,13H,4-5,7-9,12H2,1H3. The maximum atomic E-state index is 12.3. The normalized spacial score (nSPS) is 20.0. The highest BCUT2D eigenvalue weighted by Gasteiger charge is 2.33. The first-order chi connectivity index (χ1) is 8.09. The fourth-order valence-electron chi connectivity index (χ4n) is 2.03. The quantitative estimate of drug-likeness (QED) is 0.709. The number of aromatic nitrogens is 2. The number of nitrogens with two attached hydrogens (primary N) is 1. The fourth-order valence-corrected chi connectivity index (χ4v) is 2.03. The summed E-state index contributed by atoms with van der Waals surface area (Å²) in [5.41, 5.74) is 5.21. The van der Waals surface area contributed by atoms with E-state index in [9.17, 15) is 4.79 Å². The average Bonchev–Trinajstić information content (AvgIpc) is 2.81. The molecule has 1 amide bonds. The maximum Gasteiger partial charge on any atom is 0.244 e. The summed E-state index contributed by atoms with van der Waals surface area (Å²) < 4.78 is 1.69. The van der Waals surface area contributed by atoms with Crippen LogP contribution in [0.2, 0.25) is 0 Å². The van der Waals surface area contributed by atoms with Crippen molar-refractivity contribution in [2.24, 2.45) is 5.73 Å². The summed E-state index contributed by atoms with van der Waals surface area (Å²) in [6, 6.07) is 1.82. The molecule has 2 rings (SSSR count). The zero-order valence-corrected chi connectivity index (χ0v) is 10.1. The van der Waals surface area contributed by atoms with Crippen molar-refractivity contribution < 1.29 is 4.79 Å². The van der Waals surface area contributed by atoms with Gasteiger partial charge in [-0.2, -0.15) is 5.10 Å². The summed E-state index contributed by atoms with van der Waals surface area (Å²) >= 11 is 0. The number of amides is 1. The predicted molar refractivity (Wildman–Crippen MR) is 64.3 cm³/mol. The molecular weight excluding hydrogens is 218 g/mol. The Morgan fingerprint density at radius 2 is 2.24 bits per heavy atom. The Morgan fingerprint density at radius 3 is 2.82 bits per heavy atom. The minimum Gasteiger partial charge on any atom is -0.339 e. The molecule has 0 bridgehead atoms. The lowest BCUT2D eigenvalue weighted by Crippen LogP contribution is -2.59. The van der Waals surface area contributed by atoms with Gasteiger partial charge >= 0.3 is 0 Å². The largest absolute Gasteiger partial charge is 0.339 e. The van der Waals surface area contributed by atoms with Crippen molar-refractivity contribution in [2.75, 3.05) is 26.2 Å². The van der Waals surface area contributed by atoms with Gasteiger partial charge in [-0.15, -0.1) is 0 Å². The second-order valence-corrected chi connectivity index (χ2v) is 4.66. The van der Waals surface area contributed by atoms with Gasteiger partial charge in [0.05, 0.1) is 6.54 Å². The summed E-state index contributed by atoms with van der Waals surface area (Å²) in [5, 5.41) is 7.30. The molecular formula is C11H19N5O. The highest BCUT2D eigenvalue weighted by atomic mass is 16.2. The molecule has 3 N–H and O–H groups in total. The monoisotopic (exact) mass is 237 g/mol. The molecule has 0 aliphatic carbocycles. The Labute approximate surface area is 101 Å². The minimum atomic E-state index is -0.899. The average molecular weight is 237 g/mol. The highest BCUT2D eigenvalue weighted by molar-refractivity contribution is 5.85. The summed E-state index contributed by atoms with van der Waals surface area (Å²) in [5.74, 6) is -0.00509. The summed E-state index contributed by atoms with van der Waals surface area (Å²) in [6.07, 6.45) is 3.50. The van der Waals surface area contributed by atoms with E-state index in [2.05, 4.69) is 10.4 Å². The van der Waals surface area contributed by atoms with E-state index in [4.69, 9.17) is 5.73 Å². The molecule has 6 nitrogen and oxygen atoms in total. The second-order valence-electron chi connectivity index (χ2n) is 4.66. The van der Waals surface area contributed by atoms with Gasteiger partial charge in [-0.1, -0.05) is 0 Å². The molecule has 0 spiro atoms. The Bertz CT molecular complexity index is 367. The molecule has 1 aromatic rings. The molecule has 1 saturated heterocycles. The zero-order valence-electron chi connectivity index (χ0n) is 10.1. The Hall–Kier alpha value is -1.40. The van der Waals surface area contributed by atoms with E-state index in [0.29, 0.717) is 6.54 Å². The van der Waals surface area contributed by atoms with Crippen LogP contribution in [0, 0.1) is 0 Å². The molecule has 1 unspecified atom stereocenters. The smallest absolute Gasteiger partial charge is 0.244 e. The lowest BCUT2D eigenvalue weighted by molar-refractivity contribution is -0.137. The van der Waals surface area contributed by atoms with Gasteiger partial charge in [0.2, 0.25) is 5.91 Å². The summed E-state index contributed by atoms with van der Waals surface area (Å²) in [7, 11) is 0. The van der Waals surface area contributed by atoms with E-state index in [-0.39, 0.29) is 5.91 Å². The van der Waals surface area contributed by atoms with Crippen LogP contribution in [-0.4, -0.2) is 52.3 Å². The first-order valence-electron chi connectivity index (χ1n) is 5.86. The number of hydrogen-bond donors (Lipinski definition) is 2. The van der Waals surface area contributed by atoms with E-state index in [1.165, 1.54) is 0 Å². The molecule has 17 heavy (non-hydrogen) atoms. The Kier molecular flexibility index (Phi) is 3.44. The van der Waals surface area contributed by atoms with E-state index >= 15 is 0 Å². The SMILES string of the molecule is CC(N)(Cn1cccn1)C(=O)N1CCNCC1. The number of hydrogen-bond acceptors (Lipinski definition) is 4. The van der Waals surface area contributed by atoms with Crippen LogP contribution >= 0.6 is 0 Å². The van der Waals surface area contributed by atoms with Crippen LogP contribution in [0.4, 0.5) is 0 Å². The molecule has 0 aromatic carbocycles. The van der Waals surface area contributed by atoms with Crippen molar-refractivity contribution >= 4 is 5.91 Å². The number of nitrogens with zero attached hydrogens (tertiary/aromatic N) is 3. The number of nitrogens with one attached hydrogen (secondary N) is 1. The second kappa shape index (κ2) is 4.85. The third-order valence-corrected chi connectivity index (χ3v) is 2.94. The molecule has 1 aromatic heterocycles. The van der Waals surface area contributed by atoms with Gasteiger partial charge in [-0.25, -0.2) is 0 Å². The summed E-state index contributed by atoms with van der Waals surface area (Å²) in [6.45, 7) is 5.30. The van der Waals surface area contributed by atoms with Crippen molar-refractivity contribution in [3.05, 3.63) is 18.5 Å². The van der Waals surface area contributed by atoms with Crippen LogP contribution < -0.4 is 11.1 Å². The fraction of sp³-hybridized carbons (Fsp3) is 0.636. The number of carbonyl (C=O) groups excluding carboxylic acids is 1. The van der Waals surface area contributed by atoms with Gasteiger partial charge < -0.3 is 16.0 Å². The van der Waals surface area contributed by atoms with Crippen LogP contribution in [0.5, 0.6) is 0 Å². The predicted octanol–water partition coefficient (Wildman–Crippen LogP) is -0.968. The van der Waals surface area contributed by atoms with Gasteiger partial charge in [0.1, 0.15) is 5.54 Å². The van der Waals surface area contributed by atoms with E-state index < -0.39 is 5.54 Å². The minimum absolute atomic E-state index is 0.00509. The zero-order chi connectivity index (χ0) is 12.3. The van der Waals surface area contributed by atoms with Crippen LogP contribution in [0.3, 0.4) is 0 Å². The molecule has 2 heterocycles. The lowest BCUT2D eigenvalue weighted by Gasteiger charge is -2.34. The molecule has 1 aliphatic rings. The van der Waals surface area contributed by atoms with Crippen molar-refractivity contribution in [3.63, 3.8) is 0 Å². The number of rotatable bonds is 3. The Balaban J connectivity index is 2.00. The number of carbonyl (C=O) groups is 1. The topological polar surface area (TPSA) is 76.2 Å². The molecule has 1 fully saturated rings. The summed E-state index contributed by atoms with van der Waals surface area (Å²) in [4.78, 5) is 14.1. The third kappa shape index (κ3) is 2.83. The van der Waals surface area contributed by atoms with Gasteiger partial charge in [0.25, 0.3) is 0 Å². The van der Waals surface area contributed by atoms with E-state index in [1.807, 2.05) is 17.2 Å². The molecule has 1 atom stereocenters. The molecule has 0 saturated carbocycles. The highest BCUT2D eigenvalue weighted by Crippen LogP contribution is 2.09. The van der Waals surface area contributed by atoms with Crippen molar-refractivity contribution in [1.29, 1.82) is 0 Å². The molecule has 94 valence electrons. The lowest BCUT2D eigenvalue weighted by atomic mass is 10.0. The van der Waals surface area contributed by atoms with Gasteiger partial charge in [0.15, 0.2) is 0 Å². The van der Waals surface area contributed by atoms with Gasteiger partial charge in [-0.3, -0.25) is 9.48 Å².